The number of benzene rings is 1. The van der Waals surface area contributed by atoms with Gasteiger partial charge in [0.05, 0.1) is 12.1 Å². The first-order valence-corrected chi connectivity index (χ1v) is 7.34. The van der Waals surface area contributed by atoms with E-state index in [9.17, 15) is 4.79 Å². The van der Waals surface area contributed by atoms with E-state index in [1.54, 1.807) is 6.07 Å². The first-order valence-electron chi connectivity index (χ1n) is 7.34. The minimum absolute atomic E-state index is 0.0318. The fourth-order valence-electron chi connectivity index (χ4n) is 3.14. The van der Waals surface area contributed by atoms with Gasteiger partial charge in [-0.1, -0.05) is 30.3 Å². The van der Waals surface area contributed by atoms with Gasteiger partial charge in [-0.3, -0.25) is 4.79 Å². The van der Waals surface area contributed by atoms with Crippen molar-refractivity contribution in [2.24, 2.45) is 5.73 Å². The number of nitrogens with two attached hydrogens (primary N) is 1. The number of hydrogen-bond acceptors (Lipinski definition) is 3. The van der Waals surface area contributed by atoms with E-state index in [0.29, 0.717) is 23.8 Å². The predicted molar refractivity (Wildman–Crippen MR) is 80.9 cm³/mol. The Kier molecular flexibility index (Phi) is 3.80. The topological polar surface area (TPSA) is 59.5 Å². The molecule has 0 spiro atoms. The molecule has 2 atom stereocenters. The molecule has 1 fully saturated rings. The van der Waals surface area contributed by atoms with Crippen molar-refractivity contribution < 1.29 is 9.21 Å². The van der Waals surface area contributed by atoms with Crippen molar-refractivity contribution in [3.63, 3.8) is 0 Å². The molecule has 4 heteroatoms. The average Bonchev–Trinajstić information content (AvgIpc) is 3.14. The molecule has 2 N–H and O–H groups in total. The van der Waals surface area contributed by atoms with Gasteiger partial charge in [0, 0.05) is 18.5 Å². The molecule has 1 aromatic carbocycles. The van der Waals surface area contributed by atoms with E-state index in [1.807, 2.05) is 11.0 Å². The summed E-state index contributed by atoms with van der Waals surface area (Å²) in [6.45, 7) is 3.21. The van der Waals surface area contributed by atoms with Crippen LogP contribution in [0.2, 0.25) is 0 Å². The third-order valence-corrected chi connectivity index (χ3v) is 4.35. The van der Waals surface area contributed by atoms with Crippen molar-refractivity contribution in [2.75, 3.05) is 6.54 Å². The molecule has 1 aliphatic heterocycles. The fourth-order valence-corrected chi connectivity index (χ4v) is 3.14. The molecule has 0 bridgehead atoms. The van der Waals surface area contributed by atoms with E-state index in [2.05, 4.69) is 31.2 Å². The van der Waals surface area contributed by atoms with Gasteiger partial charge < -0.3 is 15.1 Å². The summed E-state index contributed by atoms with van der Waals surface area (Å²) in [5.74, 6) is 1.07. The Morgan fingerprint density at radius 1 is 1.38 bits per heavy atom. The first-order chi connectivity index (χ1) is 10.2. The van der Waals surface area contributed by atoms with Gasteiger partial charge in [-0.15, -0.1) is 0 Å². The quantitative estimate of drug-likeness (QED) is 0.942. The Morgan fingerprint density at radius 3 is 2.81 bits per heavy atom. The summed E-state index contributed by atoms with van der Waals surface area (Å²) in [6, 6.07) is 12.3. The van der Waals surface area contributed by atoms with Gasteiger partial charge >= 0.3 is 0 Å². The van der Waals surface area contributed by atoms with Gasteiger partial charge in [0.2, 0.25) is 0 Å². The molecule has 0 aliphatic carbocycles. The highest BCUT2D eigenvalue weighted by Gasteiger charge is 2.35. The molecule has 4 nitrogen and oxygen atoms in total. The molecule has 2 heterocycles. The number of carbonyl (C=O) groups is 1. The Morgan fingerprint density at radius 2 is 2.14 bits per heavy atom. The molecule has 21 heavy (non-hydrogen) atoms. The maximum atomic E-state index is 12.6. The maximum Gasteiger partial charge on any atom is 0.257 e. The van der Waals surface area contributed by atoms with Crippen LogP contribution in [0, 0.1) is 0 Å². The summed E-state index contributed by atoms with van der Waals surface area (Å²) >= 11 is 0. The van der Waals surface area contributed by atoms with E-state index < -0.39 is 0 Å². The number of hydrogen-bond donors (Lipinski definition) is 1. The number of likely N-dealkylation sites (tertiary alicyclic amines) is 1. The smallest absolute Gasteiger partial charge is 0.257 e. The lowest BCUT2D eigenvalue weighted by Gasteiger charge is -2.24. The molecular weight excluding hydrogens is 264 g/mol. The second-order valence-corrected chi connectivity index (χ2v) is 5.55. The molecule has 1 amide bonds. The molecule has 1 saturated heterocycles. The van der Waals surface area contributed by atoms with Crippen molar-refractivity contribution in [1.82, 2.24) is 4.90 Å². The van der Waals surface area contributed by atoms with Crippen LogP contribution in [0.25, 0.3) is 0 Å². The fraction of sp³-hybridized carbons (Fsp3) is 0.353. The van der Waals surface area contributed by atoms with E-state index in [1.165, 1.54) is 11.8 Å². The van der Waals surface area contributed by atoms with Gasteiger partial charge in [0.15, 0.2) is 0 Å². The summed E-state index contributed by atoms with van der Waals surface area (Å²) < 4.78 is 5.27. The van der Waals surface area contributed by atoms with Crippen LogP contribution in [-0.4, -0.2) is 23.4 Å². The molecule has 110 valence electrons. The normalized spacial score (nSPS) is 21.7. The monoisotopic (exact) mass is 284 g/mol. The van der Waals surface area contributed by atoms with Gasteiger partial charge in [0.25, 0.3) is 5.91 Å². The van der Waals surface area contributed by atoms with E-state index >= 15 is 0 Å². The van der Waals surface area contributed by atoms with Gasteiger partial charge in [0.1, 0.15) is 12.0 Å². The van der Waals surface area contributed by atoms with Crippen LogP contribution in [0.5, 0.6) is 0 Å². The van der Waals surface area contributed by atoms with E-state index in [-0.39, 0.29) is 11.9 Å². The third-order valence-electron chi connectivity index (χ3n) is 4.35. The van der Waals surface area contributed by atoms with Gasteiger partial charge in [-0.25, -0.2) is 0 Å². The summed E-state index contributed by atoms with van der Waals surface area (Å²) in [5.41, 5.74) is 7.42. The predicted octanol–water partition coefficient (Wildman–Crippen LogP) is 2.76. The lowest BCUT2D eigenvalue weighted by Crippen LogP contribution is -2.35. The number of furan rings is 1. The molecule has 1 aliphatic rings. The van der Waals surface area contributed by atoms with Crippen LogP contribution in [0.15, 0.2) is 47.1 Å². The number of amides is 1. The molecule has 0 saturated carbocycles. The summed E-state index contributed by atoms with van der Waals surface area (Å²) in [7, 11) is 0. The van der Waals surface area contributed by atoms with E-state index in [4.69, 9.17) is 10.2 Å². The zero-order chi connectivity index (χ0) is 14.8. The standard InChI is InChI=1S/C17H20N2O2/c1-12-16(13-5-3-2-4-6-13)7-8-19(12)17(20)14-9-15(10-18)21-11-14/h2-6,9,11-12,16H,7-8,10,18H2,1H3. The molecular formula is C17H20N2O2. The second kappa shape index (κ2) is 5.74. The molecule has 0 radical (unpaired) electrons. The van der Waals surface area contributed by atoms with Crippen LogP contribution in [0.3, 0.4) is 0 Å². The second-order valence-electron chi connectivity index (χ2n) is 5.55. The van der Waals surface area contributed by atoms with E-state index in [0.717, 1.165) is 13.0 Å². The Hall–Kier alpha value is -2.07. The molecule has 3 rings (SSSR count). The minimum Gasteiger partial charge on any atom is -0.467 e. The molecule has 2 aromatic rings. The van der Waals surface area contributed by atoms with Crippen LogP contribution in [0.4, 0.5) is 0 Å². The summed E-state index contributed by atoms with van der Waals surface area (Å²) in [6.07, 6.45) is 2.51. The van der Waals surface area contributed by atoms with Crippen molar-refractivity contribution in [1.29, 1.82) is 0 Å². The lowest BCUT2D eigenvalue weighted by atomic mass is 9.93. The number of rotatable bonds is 3. The van der Waals surface area contributed by atoms with Crippen molar-refractivity contribution in [2.45, 2.75) is 31.8 Å². The van der Waals surface area contributed by atoms with Crippen molar-refractivity contribution in [3.05, 3.63) is 59.5 Å². The third kappa shape index (κ3) is 2.59. The summed E-state index contributed by atoms with van der Waals surface area (Å²) in [5, 5.41) is 0. The van der Waals surface area contributed by atoms with Crippen LogP contribution in [0.1, 0.15) is 40.9 Å². The molecule has 1 aromatic heterocycles. The largest absolute Gasteiger partial charge is 0.467 e. The van der Waals surface area contributed by atoms with Crippen LogP contribution >= 0.6 is 0 Å². The SMILES string of the molecule is CC1C(c2ccccc2)CCN1C(=O)c1coc(CN)c1. The summed E-state index contributed by atoms with van der Waals surface area (Å²) in [4.78, 5) is 14.5. The van der Waals surface area contributed by atoms with Crippen molar-refractivity contribution >= 4 is 5.91 Å². The molecule has 2 unspecified atom stereocenters. The highest BCUT2D eigenvalue weighted by atomic mass is 16.3. The van der Waals surface area contributed by atoms with Crippen LogP contribution < -0.4 is 5.73 Å². The van der Waals surface area contributed by atoms with Crippen LogP contribution in [-0.2, 0) is 6.54 Å². The first kappa shape index (κ1) is 13.9. The van der Waals surface area contributed by atoms with Gasteiger partial charge in [-0.2, -0.15) is 0 Å². The highest BCUT2D eigenvalue weighted by Crippen LogP contribution is 2.34. The highest BCUT2D eigenvalue weighted by molar-refractivity contribution is 5.94. The van der Waals surface area contributed by atoms with Crippen molar-refractivity contribution in [3.8, 4) is 0 Å². The zero-order valence-electron chi connectivity index (χ0n) is 12.2. The Labute approximate surface area is 124 Å². The lowest BCUT2D eigenvalue weighted by molar-refractivity contribution is 0.0741. The maximum absolute atomic E-state index is 12.6. The number of nitrogens with zero attached hydrogens (tertiary/aromatic N) is 1. The average molecular weight is 284 g/mol. The Bertz CT molecular complexity index is 621. The Balaban J connectivity index is 1.77. The number of carbonyl (C=O) groups excluding carboxylic acids is 1. The zero-order valence-corrected chi connectivity index (χ0v) is 12.2. The minimum atomic E-state index is 0.0318. The van der Waals surface area contributed by atoms with Gasteiger partial charge in [-0.05, 0) is 25.0 Å².